The Balaban J connectivity index is 1.12. The molecule has 12 rings (SSSR count). The third kappa shape index (κ3) is 4.94. The summed E-state index contributed by atoms with van der Waals surface area (Å²) in [5.41, 5.74) is 4.36. The number of para-hydroxylation sites is 2. The van der Waals surface area contributed by atoms with Gasteiger partial charge in [-0.25, -0.2) is 15.0 Å². The van der Waals surface area contributed by atoms with Gasteiger partial charge in [-0.2, -0.15) is 0 Å². The van der Waals surface area contributed by atoms with E-state index in [1.165, 1.54) is 22.8 Å². The van der Waals surface area contributed by atoms with E-state index in [9.17, 15) is 2.74 Å². The Morgan fingerprint density at radius 1 is 0.421 bits per heavy atom. The minimum absolute atomic E-state index is 0.0222. The fraction of sp³-hybridized carbons (Fsp3) is 0. The first kappa shape index (κ1) is 22.5. The highest BCUT2D eigenvalue weighted by atomic mass is 16.3. The van der Waals surface area contributed by atoms with Crippen LogP contribution in [0.25, 0.3) is 117 Å². The molecule has 0 saturated carbocycles. The molecule has 0 bridgehead atoms. The number of rotatable bonds is 5. The van der Waals surface area contributed by atoms with E-state index in [2.05, 4.69) is 0 Å². The first-order valence-electron chi connectivity index (χ1n) is 23.6. The highest BCUT2D eigenvalue weighted by molar-refractivity contribution is 6.14. The van der Waals surface area contributed by atoms with Crippen molar-refractivity contribution >= 4 is 65.7 Å². The van der Waals surface area contributed by atoms with Crippen molar-refractivity contribution in [1.29, 1.82) is 0 Å². The molecular weight excluding hydrogens is 701 g/mol. The highest BCUT2D eigenvalue weighted by Crippen LogP contribution is 2.41. The molecule has 57 heavy (non-hydrogen) atoms. The van der Waals surface area contributed by atoms with Crippen LogP contribution in [-0.4, -0.2) is 19.5 Å². The first-order valence-corrected chi connectivity index (χ1v) is 18.1. The molecule has 0 aliphatic heterocycles. The molecule has 12 aromatic rings. The van der Waals surface area contributed by atoms with Gasteiger partial charge >= 0.3 is 0 Å². The summed E-state index contributed by atoms with van der Waals surface area (Å²) in [6.07, 6.45) is 0. The molecule has 0 spiro atoms. The number of hydrogen-bond donors (Lipinski definition) is 0. The second kappa shape index (κ2) is 12.3. The minimum Gasteiger partial charge on any atom is -0.456 e. The van der Waals surface area contributed by atoms with E-state index in [0.717, 1.165) is 21.9 Å². The molecule has 0 amide bonds. The van der Waals surface area contributed by atoms with Crippen molar-refractivity contribution in [3.63, 3.8) is 0 Å². The standard InChI is InChI=1S/C51H30N4O2/c1-3-13-31(14-4-1)33-25-27-37-45(29-33)56-43-23-11-19-39(47(37)43)50-52-49(32-15-5-2-6-16-32)53-51(54-50)40-20-12-24-44-48(40)38-28-26-34(30-46(38)57-44)55-41-21-9-7-17-35(41)36-18-8-10-22-42(36)55/h1-30H/i7D,8D,9D,10D,12D,17D,18D,21D,24D,26D,30D. The Bertz CT molecular complexity index is 4170. The maximum atomic E-state index is 9.68. The van der Waals surface area contributed by atoms with E-state index in [1.807, 2.05) is 97.1 Å². The minimum atomic E-state index is -0.592. The van der Waals surface area contributed by atoms with Crippen molar-refractivity contribution in [3.8, 4) is 51.0 Å². The summed E-state index contributed by atoms with van der Waals surface area (Å²) in [5.74, 6) is 0.711. The lowest BCUT2D eigenvalue weighted by Gasteiger charge is -2.10. The second-order valence-corrected chi connectivity index (χ2v) is 13.5. The Hall–Kier alpha value is -7.83. The number of aromatic nitrogens is 4. The lowest BCUT2D eigenvalue weighted by atomic mass is 10.0. The summed E-state index contributed by atoms with van der Waals surface area (Å²) in [4.78, 5) is 15.0. The Kier molecular flexibility index (Phi) is 4.88. The molecule has 266 valence electrons. The van der Waals surface area contributed by atoms with Crippen LogP contribution in [0.3, 0.4) is 0 Å². The summed E-state index contributed by atoms with van der Waals surface area (Å²) in [6, 6.07) is 30.4. The van der Waals surface area contributed by atoms with E-state index in [1.54, 1.807) is 0 Å². The monoisotopic (exact) mass is 741 g/mol. The molecule has 8 aromatic carbocycles. The molecule has 0 aliphatic rings. The normalized spacial score (nSPS) is 14.6. The zero-order chi connectivity index (χ0) is 47.0. The summed E-state index contributed by atoms with van der Waals surface area (Å²) in [6.45, 7) is 0. The van der Waals surface area contributed by atoms with Gasteiger partial charge in [-0.1, -0.05) is 127 Å². The van der Waals surface area contributed by atoms with Crippen molar-refractivity contribution in [2.24, 2.45) is 0 Å². The fourth-order valence-electron chi connectivity index (χ4n) is 7.73. The van der Waals surface area contributed by atoms with Gasteiger partial charge < -0.3 is 13.4 Å². The van der Waals surface area contributed by atoms with Gasteiger partial charge in [-0.3, -0.25) is 0 Å². The SMILES string of the molecule is [2H]c1cc2c(c([2H])c1[2H])c1c([2H])c([2H])c([2H])c([2H])c1n2-c1c([2H])cc2c(oc3c([2H])c([2H])cc(-c4nc(-c5ccccc5)nc(-c5cccc6oc7cc(-c8ccccc8)ccc7c56)n4)c32)c1[2H]. The third-order valence-corrected chi connectivity index (χ3v) is 10.3. The van der Waals surface area contributed by atoms with Crippen LogP contribution in [-0.2, 0) is 0 Å². The van der Waals surface area contributed by atoms with E-state index >= 15 is 0 Å². The van der Waals surface area contributed by atoms with E-state index in [4.69, 9.17) is 36.1 Å². The lowest BCUT2D eigenvalue weighted by molar-refractivity contribution is 0.668. The maximum Gasteiger partial charge on any atom is 0.164 e. The molecule has 0 atom stereocenters. The Labute approximate surface area is 341 Å². The number of hydrogen-bond acceptors (Lipinski definition) is 5. The molecule has 4 heterocycles. The topological polar surface area (TPSA) is 69.9 Å². The summed E-state index contributed by atoms with van der Waals surface area (Å²) >= 11 is 0. The first-order chi connectivity index (χ1) is 32.8. The molecule has 0 radical (unpaired) electrons. The van der Waals surface area contributed by atoms with E-state index < -0.39 is 42.3 Å². The number of nitrogens with zero attached hydrogens (tertiary/aromatic N) is 4. The Morgan fingerprint density at radius 3 is 1.95 bits per heavy atom. The Morgan fingerprint density at radius 2 is 1.11 bits per heavy atom. The van der Waals surface area contributed by atoms with Gasteiger partial charge in [-0.05, 0) is 59.6 Å². The van der Waals surface area contributed by atoms with Crippen molar-refractivity contribution in [1.82, 2.24) is 19.5 Å². The van der Waals surface area contributed by atoms with Crippen molar-refractivity contribution in [2.45, 2.75) is 0 Å². The molecule has 0 fully saturated rings. The predicted molar refractivity (Wildman–Crippen MR) is 230 cm³/mol. The summed E-state index contributed by atoms with van der Waals surface area (Å²) in [7, 11) is 0. The van der Waals surface area contributed by atoms with Crippen LogP contribution in [0.1, 0.15) is 15.1 Å². The van der Waals surface area contributed by atoms with Gasteiger partial charge in [0.1, 0.15) is 22.3 Å². The van der Waals surface area contributed by atoms with E-state index in [-0.39, 0.29) is 90.8 Å². The largest absolute Gasteiger partial charge is 0.456 e. The average molecular weight is 742 g/mol. The summed E-state index contributed by atoms with van der Waals surface area (Å²) in [5, 5.41) is 1.93. The zero-order valence-electron chi connectivity index (χ0n) is 40.6. The highest BCUT2D eigenvalue weighted by Gasteiger charge is 2.21. The van der Waals surface area contributed by atoms with Crippen LogP contribution in [0.5, 0.6) is 0 Å². The fourth-order valence-corrected chi connectivity index (χ4v) is 7.73. The van der Waals surface area contributed by atoms with Crippen LogP contribution in [0, 0.1) is 0 Å². The van der Waals surface area contributed by atoms with E-state index in [0.29, 0.717) is 28.1 Å². The number of fused-ring (bicyclic) bond motifs is 9. The molecule has 0 aliphatic carbocycles. The second-order valence-electron chi connectivity index (χ2n) is 13.5. The van der Waals surface area contributed by atoms with Crippen LogP contribution in [0.15, 0.2) is 191 Å². The molecule has 0 N–H and O–H groups in total. The lowest BCUT2D eigenvalue weighted by Crippen LogP contribution is -2.00. The van der Waals surface area contributed by atoms with Crippen LogP contribution in [0.4, 0.5) is 0 Å². The third-order valence-electron chi connectivity index (χ3n) is 10.3. The van der Waals surface area contributed by atoms with Gasteiger partial charge in [0.15, 0.2) is 17.5 Å². The summed E-state index contributed by atoms with van der Waals surface area (Å²) < 4.78 is 112. The van der Waals surface area contributed by atoms with Crippen molar-refractivity contribution < 1.29 is 23.9 Å². The van der Waals surface area contributed by atoms with Crippen molar-refractivity contribution in [2.75, 3.05) is 0 Å². The average Bonchev–Trinajstić information content (AvgIpc) is 4.04. The van der Waals surface area contributed by atoms with Gasteiger partial charge in [0.05, 0.1) is 26.1 Å². The zero-order valence-corrected chi connectivity index (χ0v) is 29.6. The quantitative estimate of drug-likeness (QED) is 0.176. The molecule has 4 aromatic heterocycles. The predicted octanol–water partition coefficient (Wildman–Crippen LogP) is 13.4. The van der Waals surface area contributed by atoms with Crippen molar-refractivity contribution in [3.05, 3.63) is 182 Å². The van der Waals surface area contributed by atoms with Crippen LogP contribution >= 0.6 is 0 Å². The van der Waals surface area contributed by atoms with Gasteiger partial charge in [0.2, 0.25) is 0 Å². The van der Waals surface area contributed by atoms with Crippen LogP contribution in [0.2, 0.25) is 0 Å². The smallest absolute Gasteiger partial charge is 0.164 e. The van der Waals surface area contributed by atoms with Gasteiger partial charge in [-0.15, -0.1) is 0 Å². The van der Waals surface area contributed by atoms with Crippen LogP contribution < -0.4 is 0 Å². The molecule has 6 heteroatoms. The van der Waals surface area contributed by atoms with Gasteiger partial charge in [0, 0.05) is 60.7 Å². The van der Waals surface area contributed by atoms with Gasteiger partial charge in [0.25, 0.3) is 0 Å². The number of furan rings is 2. The molecule has 6 nitrogen and oxygen atoms in total. The maximum absolute atomic E-state index is 9.68. The number of benzene rings is 8. The molecule has 0 saturated heterocycles. The molecule has 0 unspecified atom stereocenters. The molecular formula is C51H30N4O2.